The van der Waals surface area contributed by atoms with Crippen molar-refractivity contribution < 1.29 is 10.0 Å². The smallest absolute Gasteiger partial charge is 0.273 e. The third kappa shape index (κ3) is 4.30. The lowest BCUT2D eigenvalue weighted by atomic mass is 10.1. The summed E-state index contributed by atoms with van der Waals surface area (Å²) in [5.74, 6) is 0. The summed E-state index contributed by atoms with van der Waals surface area (Å²) in [7, 11) is 0. The third-order valence-corrected chi connectivity index (χ3v) is 2.68. The van der Waals surface area contributed by atoms with Gasteiger partial charge in [-0.1, -0.05) is 11.6 Å². The van der Waals surface area contributed by atoms with Gasteiger partial charge in [0.2, 0.25) is 0 Å². The molecule has 94 valence electrons. The lowest BCUT2D eigenvalue weighted by molar-refractivity contribution is -0.385. The van der Waals surface area contributed by atoms with Gasteiger partial charge in [-0.3, -0.25) is 10.1 Å². The van der Waals surface area contributed by atoms with E-state index in [0.717, 1.165) is 0 Å². The van der Waals surface area contributed by atoms with E-state index in [1.54, 1.807) is 6.07 Å². The minimum Gasteiger partial charge on any atom is -0.396 e. The first kappa shape index (κ1) is 13.9. The number of aliphatic hydroxyl groups excluding tert-OH is 1. The summed E-state index contributed by atoms with van der Waals surface area (Å²) < 4.78 is 0. The fourth-order valence-corrected chi connectivity index (χ4v) is 1.65. The zero-order valence-electron chi connectivity index (χ0n) is 9.52. The molecule has 0 aromatic heterocycles. The van der Waals surface area contributed by atoms with Gasteiger partial charge in [0.25, 0.3) is 5.69 Å². The van der Waals surface area contributed by atoms with Gasteiger partial charge in [0.05, 0.1) is 4.92 Å². The molecular formula is C11H15ClN2O3. The van der Waals surface area contributed by atoms with E-state index in [0.29, 0.717) is 23.6 Å². The van der Waals surface area contributed by atoms with E-state index in [2.05, 4.69) is 5.32 Å². The molecule has 0 aliphatic carbocycles. The minimum absolute atomic E-state index is 0.0538. The van der Waals surface area contributed by atoms with E-state index in [9.17, 15) is 10.1 Å². The first-order chi connectivity index (χ1) is 8.04. The number of nitrogens with one attached hydrogen (secondary N) is 1. The van der Waals surface area contributed by atoms with Crippen LogP contribution in [0.3, 0.4) is 0 Å². The largest absolute Gasteiger partial charge is 0.396 e. The fourth-order valence-electron chi connectivity index (χ4n) is 1.45. The minimum atomic E-state index is -0.427. The molecule has 1 aromatic carbocycles. The Bertz CT molecular complexity index is 398. The van der Waals surface area contributed by atoms with Gasteiger partial charge in [0.15, 0.2) is 0 Å². The summed E-state index contributed by atoms with van der Waals surface area (Å²) >= 11 is 5.81. The highest BCUT2D eigenvalue weighted by atomic mass is 35.5. The predicted octanol–water partition coefficient (Wildman–Crippen LogP) is 2.11. The molecule has 0 bridgehead atoms. The van der Waals surface area contributed by atoms with Gasteiger partial charge in [-0.2, -0.15) is 0 Å². The summed E-state index contributed by atoms with van der Waals surface area (Å²) in [6, 6.07) is 4.58. The molecule has 0 amide bonds. The number of hydrogen-bond acceptors (Lipinski definition) is 4. The first-order valence-corrected chi connectivity index (χ1v) is 5.69. The standard InChI is InChI=1S/C11H15ClN2O3/c1-8(4-5-15)13-7-9-6-10(12)2-3-11(9)14(16)17/h2-3,6,8,13,15H,4-5,7H2,1H3. The second-order valence-corrected chi connectivity index (χ2v) is 4.26. The van der Waals surface area contributed by atoms with E-state index in [4.69, 9.17) is 16.7 Å². The lowest BCUT2D eigenvalue weighted by Gasteiger charge is -2.12. The number of aliphatic hydroxyl groups is 1. The molecule has 0 fully saturated rings. The molecule has 0 heterocycles. The van der Waals surface area contributed by atoms with Crippen molar-refractivity contribution in [2.45, 2.75) is 25.9 Å². The van der Waals surface area contributed by atoms with Crippen LogP contribution >= 0.6 is 11.6 Å². The molecule has 17 heavy (non-hydrogen) atoms. The van der Waals surface area contributed by atoms with Crippen LogP contribution in [-0.2, 0) is 6.54 Å². The monoisotopic (exact) mass is 258 g/mol. The van der Waals surface area contributed by atoms with Crippen LogP contribution in [0, 0.1) is 10.1 Å². The van der Waals surface area contributed by atoms with Gasteiger partial charge in [0.1, 0.15) is 0 Å². The Labute approximate surface area is 105 Å². The van der Waals surface area contributed by atoms with Gasteiger partial charge in [-0.05, 0) is 25.5 Å². The summed E-state index contributed by atoms with van der Waals surface area (Å²) in [4.78, 5) is 10.4. The van der Waals surface area contributed by atoms with Crippen molar-refractivity contribution in [2.24, 2.45) is 0 Å². The van der Waals surface area contributed by atoms with E-state index in [-0.39, 0.29) is 18.3 Å². The van der Waals surface area contributed by atoms with Crippen LogP contribution in [0.15, 0.2) is 18.2 Å². The molecule has 0 saturated carbocycles. The van der Waals surface area contributed by atoms with E-state index < -0.39 is 4.92 Å². The van der Waals surface area contributed by atoms with Crippen LogP contribution in [0.1, 0.15) is 18.9 Å². The molecule has 1 rings (SSSR count). The maximum Gasteiger partial charge on any atom is 0.273 e. The van der Waals surface area contributed by atoms with E-state index in [1.807, 2.05) is 6.92 Å². The highest BCUT2D eigenvalue weighted by molar-refractivity contribution is 6.30. The van der Waals surface area contributed by atoms with Crippen molar-refractivity contribution in [1.82, 2.24) is 5.32 Å². The molecule has 0 aliphatic heterocycles. The van der Waals surface area contributed by atoms with Gasteiger partial charge >= 0.3 is 0 Å². The maximum absolute atomic E-state index is 10.8. The molecule has 1 aromatic rings. The van der Waals surface area contributed by atoms with Crippen LogP contribution in [0.25, 0.3) is 0 Å². The van der Waals surface area contributed by atoms with Crippen LogP contribution in [0.5, 0.6) is 0 Å². The molecule has 0 saturated heterocycles. The quantitative estimate of drug-likeness (QED) is 0.605. The number of hydrogen-bond donors (Lipinski definition) is 2. The zero-order valence-corrected chi connectivity index (χ0v) is 10.3. The Morgan fingerprint density at radius 1 is 1.59 bits per heavy atom. The van der Waals surface area contributed by atoms with Crippen molar-refractivity contribution in [3.8, 4) is 0 Å². The van der Waals surface area contributed by atoms with E-state index >= 15 is 0 Å². The summed E-state index contributed by atoms with van der Waals surface area (Å²) in [6.07, 6.45) is 0.606. The van der Waals surface area contributed by atoms with Crippen molar-refractivity contribution in [3.63, 3.8) is 0 Å². The van der Waals surface area contributed by atoms with Gasteiger partial charge in [-0.15, -0.1) is 0 Å². The second-order valence-electron chi connectivity index (χ2n) is 3.82. The molecule has 1 atom stereocenters. The van der Waals surface area contributed by atoms with Crippen LogP contribution in [0.2, 0.25) is 5.02 Å². The average Bonchev–Trinajstić information content (AvgIpc) is 2.26. The van der Waals surface area contributed by atoms with Crippen molar-refractivity contribution in [1.29, 1.82) is 0 Å². The van der Waals surface area contributed by atoms with Gasteiger partial charge in [-0.25, -0.2) is 0 Å². The highest BCUT2D eigenvalue weighted by Gasteiger charge is 2.14. The number of benzene rings is 1. The number of halogens is 1. The second kappa shape index (κ2) is 6.54. The Morgan fingerprint density at radius 2 is 2.29 bits per heavy atom. The Balaban J connectivity index is 2.75. The van der Waals surface area contributed by atoms with Gasteiger partial charge < -0.3 is 10.4 Å². The van der Waals surface area contributed by atoms with Crippen LogP contribution in [0.4, 0.5) is 5.69 Å². The SMILES string of the molecule is CC(CCO)NCc1cc(Cl)ccc1[N+](=O)[O-]. The number of nitro benzene ring substituents is 1. The van der Waals surface area contributed by atoms with Crippen LogP contribution < -0.4 is 5.32 Å². The molecule has 1 unspecified atom stereocenters. The van der Waals surface area contributed by atoms with Crippen LogP contribution in [-0.4, -0.2) is 22.7 Å². The zero-order chi connectivity index (χ0) is 12.8. The third-order valence-electron chi connectivity index (χ3n) is 2.44. The van der Waals surface area contributed by atoms with E-state index in [1.165, 1.54) is 12.1 Å². The summed E-state index contributed by atoms with van der Waals surface area (Å²) in [6.45, 7) is 2.36. The molecule has 6 heteroatoms. The fraction of sp³-hybridized carbons (Fsp3) is 0.455. The average molecular weight is 259 g/mol. The normalized spacial score (nSPS) is 12.4. The molecular weight excluding hydrogens is 244 g/mol. The lowest BCUT2D eigenvalue weighted by Crippen LogP contribution is -2.26. The highest BCUT2D eigenvalue weighted by Crippen LogP contribution is 2.22. The molecule has 5 nitrogen and oxygen atoms in total. The van der Waals surface area contributed by atoms with Crippen molar-refractivity contribution in [2.75, 3.05) is 6.61 Å². The van der Waals surface area contributed by atoms with Crippen molar-refractivity contribution >= 4 is 17.3 Å². The molecule has 0 spiro atoms. The molecule has 0 radical (unpaired) electrons. The number of nitrogens with zero attached hydrogens (tertiary/aromatic N) is 1. The number of rotatable bonds is 6. The summed E-state index contributed by atoms with van der Waals surface area (Å²) in [5, 5.41) is 23.1. The van der Waals surface area contributed by atoms with Gasteiger partial charge in [0, 0.05) is 35.8 Å². The Morgan fingerprint density at radius 3 is 2.88 bits per heavy atom. The Hall–Kier alpha value is -1.17. The predicted molar refractivity (Wildman–Crippen MR) is 66.1 cm³/mol. The summed E-state index contributed by atoms with van der Waals surface area (Å²) in [5.41, 5.74) is 0.602. The van der Waals surface area contributed by atoms with Crippen molar-refractivity contribution in [3.05, 3.63) is 38.9 Å². The maximum atomic E-state index is 10.8. The topological polar surface area (TPSA) is 75.4 Å². The number of nitro groups is 1. The Kier molecular flexibility index (Phi) is 5.34. The molecule has 0 aliphatic rings. The first-order valence-electron chi connectivity index (χ1n) is 5.31. The molecule has 2 N–H and O–H groups in total.